The lowest BCUT2D eigenvalue weighted by Gasteiger charge is -2.07. The Morgan fingerprint density at radius 1 is 1.35 bits per heavy atom. The Bertz CT molecular complexity index is 543. The highest BCUT2D eigenvalue weighted by Crippen LogP contribution is 2.16. The second-order valence-corrected chi connectivity index (χ2v) is 3.73. The molecule has 0 atom stereocenters. The molecule has 1 aromatic carbocycles. The van der Waals surface area contributed by atoms with E-state index in [1.807, 2.05) is 37.3 Å². The molecule has 0 unspecified atom stereocenters. The smallest absolute Gasteiger partial charge is 0.101 e. The van der Waals surface area contributed by atoms with Gasteiger partial charge in [-0.05, 0) is 36.8 Å². The molecule has 4 nitrogen and oxygen atoms in total. The molecule has 0 fully saturated rings. The van der Waals surface area contributed by atoms with Gasteiger partial charge in [-0.25, -0.2) is 0 Å². The van der Waals surface area contributed by atoms with Crippen LogP contribution >= 0.6 is 0 Å². The first kappa shape index (κ1) is 11.1. The molecule has 1 N–H and O–H groups in total. The standard InChI is InChI=1S/C13H12N4/c1-10-4-5-13(11(7-10)8-14)15-9-12-3-2-6-16-17-12/h2-7,15H,9H2,1H3. The molecule has 0 radical (unpaired) electrons. The van der Waals surface area contributed by atoms with Gasteiger partial charge in [0.15, 0.2) is 0 Å². The van der Waals surface area contributed by atoms with Crippen LogP contribution in [-0.2, 0) is 6.54 Å². The highest BCUT2D eigenvalue weighted by molar-refractivity contribution is 5.58. The van der Waals surface area contributed by atoms with Crippen molar-refractivity contribution in [2.24, 2.45) is 0 Å². The Kier molecular flexibility index (Phi) is 3.31. The van der Waals surface area contributed by atoms with Crippen molar-refractivity contribution >= 4 is 5.69 Å². The van der Waals surface area contributed by atoms with Crippen molar-refractivity contribution in [3.05, 3.63) is 53.3 Å². The highest BCUT2D eigenvalue weighted by atomic mass is 15.1. The average molecular weight is 224 g/mol. The molecule has 0 amide bonds. The van der Waals surface area contributed by atoms with Gasteiger partial charge in [-0.3, -0.25) is 0 Å². The second-order valence-electron chi connectivity index (χ2n) is 3.73. The fraction of sp³-hybridized carbons (Fsp3) is 0.154. The quantitative estimate of drug-likeness (QED) is 0.868. The van der Waals surface area contributed by atoms with Crippen LogP contribution in [0.2, 0.25) is 0 Å². The van der Waals surface area contributed by atoms with E-state index < -0.39 is 0 Å². The summed E-state index contributed by atoms with van der Waals surface area (Å²) in [6.45, 7) is 2.53. The third kappa shape index (κ3) is 2.79. The van der Waals surface area contributed by atoms with Crippen LogP contribution in [0.5, 0.6) is 0 Å². The van der Waals surface area contributed by atoms with Crippen LogP contribution in [0.15, 0.2) is 36.5 Å². The van der Waals surface area contributed by atoms with Gasteiger partial charge >= 0.3 is 0 Å². The van der Waals surface area contributed by atoms with Crippen LogP contribution in [0.4, 0.5) is 5.69 Å². The fourth-order valence-corrected chi connectivity index (χ4v) is 1.52. The summed E-state index contributed by atoms with van der Waals surface area (Å²) < 4.78 is 0. The zero-order chi connectivity index (χ0) is 12.1. The van der Waals surface area contributed by atoms with Crippen molar-refractivity contribution in [1.29, 1.82) is 5.26 Å². The summed E-state index contributed by atoms with van der Waals surface area (Å²) >= 11 is 0. The second kappa shape index (κ2) is 5.08. The number of nitrogens with zero attached hydrogens (tertiary/aromatic N) is 3. The van der Waals surface area contributed by atoms with Crippen molar-refractivity contribution in [3.8, 4) is 6.07 Å². The van der Waals surface area contributed by atoms with Gasteiger partial charge in [0.2, 0.25) is 0 Å². The van der Waals surface area contributed by atoms with E-state index in [0.717, 1.165) is 16.9 Å². The number of rotatable bonds is 3. The zero-order valence-corrected chi connectivity index (χ0v) is 9.51. The van der Waals surface area contributed by atoms with Crippen LogP contribution in [0.1, 0.15) is 16.8 Å². The molecule has 17 heavy (non-hydrogen) atoms. The van der Waals surface area contributed by atoms with Gasteiger partial charge in [0.1, 0.15) is 6.07 Å². The number of aryl methyl sites for hydroxylation is 1. The average Bonchev–Trinajstić information content (AvgIpc) is 2.38. The molecule has 0 aliphatic rings. The minimum Gasteiger partial charge on any atom is -0.378 e. The molecule has 0 aliphatic carbocycles. The maximum atomic E-state index is 9.02. The molecule has 84 valence electrons. The van der Waals surface area contributed by atoms with Crippen molar-refractivity contribution < 1.29 is 0 Å². The number of nitrogens with one attached hydrogen (secondary N) is 1. The molecule has 0 aliphatic heterocycles. The number of aromatic nitrogens is 2. The predicted molar refractivity (Wildman–Crippen MR) is 65.3 cm³/mol. The van der Waals surface area contributed by atoms with E-state index >= 15 is 0 Å². The van der Waals surface area contributed by atoms with Crippen molar-refractivity contribution in [3.63, 3.8) is 0 Å². The molecule has 0 bridgehead atoms. The SMILES string of the molecule is Cc1ccc(NCc2cccnn2)c(C#N)c1. The largest absolute Gasteiger partial charge is 0.378 e. The van der Waals surface area contributed by atoms with Crippen molar-refractivity contribution in [2.45, 2.75) is 13.5 Å². The molecular weight excluding hydrogens is 212 g/mol. The minimum atomic E-state index is 0.561. The van der Waals surface area contributed by atoms with E-state index in [2.05, 4.69) is 21.6 Å². The van der Waals surface area contributed by atoms with Gasteiger partial charge in [-0.2, -0.15) is 15.5 Å². The van der Waals surface area contributed by atoms with E-state index in [-0.39, 0.29) is 0 Å². The van der Waals surface area contributed by atoms with Crippen LogP contribution in [0.25, 0.3) is 0 Å². The van der Waals surface area contributed by atoms with Gasteiger partial charge in [0, 0.05) is 6.20 Å². The Morgan fingerprint density at radius 2 is 2.24 bits per heavy atom. The van der Waals surface area contributed by atoms with Crippen LogP contribution < -0.4 is 5.32 Å². The van der Waals surface area contributed by atoms with Gasteiger partial charge in [0.25, 0.3) is 0 Å². The lowest BCUT2D eigenvalue weighted by atomic mass is 10.1. The maximum absolute atomic E-state index is 9.02. The van der Waals surface area contributed by atoms with Crippen LogP contribution in [0.3, 0.4) is 0 Å². The molecule has 0 saturated carbocycles. The normalized spacial score (nSPS) is 9.65. The van der Waals surface area contributed by atoms with Gasteiger partial charge < -0.3 is 5.32 Å². The lowest BCUT2D eigenvalue weighted by Crippen LogP contribution is -2.03. The van der Waals surface area contributed by atoms with E-state index in [9.17, 15) is 0 Å². The molecule has 1 heterocycles. The number of hydrogen-bond donors (Lipinski definition) is 1. The molecule has 2 rings (SSSR count). The van der Waals surface area contributed by atoms with E-state index in [4.69, 9.17) is 5.26 Å². The molecular formula is C13H12N4. The summed E-state index contributed by atoms with van der Waals surface area (Å²) in [5.74, 6) is 0. The number of benzene rings is 1. The zero-order valence-electron chi connectivity index (χ0n) is 9.51. The Labute approximate surface area is 99.9 Å². The van der Waals surface area contributed by atoms with Gasteiger partial charge in [-0.15, -0.1) is 0 Å². The van der Waals surface area contributed by atoms with E-state index in [1.165, 1.54) is 0 Å². The van der Waals surface area contributed by atoms with Gasteiger partial charge in [0.05, 0.1) is 23.5 Å². The van der Waals surface area contributed by atoms with Crippen LogP contribution in [0, 0.1) is 18.3 Å². The topological polar surface area (TPSA) is 61.6 Å². The first-order chi connectivity index (χ1) is 8.29. The van der Waals surface area contributed by atoms with Crippen molar-refractivity contribution in [1.82, 2.24) is 10.2 Å². The molecule has 2 aromatic rings. The first-order valence-corrected chi connectivity index (χ1v) is 5.31. The minimum absolute atomic E-state index is 0.561. The summed E-state index contributed by atoms with van der Waals surface area (Å²) in [6.07, 6.45) is 1.64. The number of anilines is 1. The van der Waals surface area contributed by atoms with E-state index in [1.54, 1.807) is 6.20 Å². The molecule has 0 spiro atoms. The maximum Gasteiger partial charge on any atom is 0.101 e. The Morgan fingerprint density at radius 3 is 2.94 bits per heavy atom. The summed E-state index contributed by atoms with van der Waals surface area (Å²) in [6, 6.07) is 11.6. The lowest BCUT2D eigenvalue weighted by molar-refractivity contribution is 0.924. The Balaban J connectivity index is 2.12. The summed E-state index contributed by atoms with van der Waals surface area (Å²) in [5, 5.41) is 20.0. The van der Waals surface area contributed by atoms with Crippen molar-refractivity contribution in [2.75, 3.05) is 5.32 Å². The molecule has 4 heteroatoms. The summed E-state index contributed by atoms with van der Waals surface area (Å²) in [5.41, 5.74) is 3.39. The Hall–Kier alpha value is -2.41. The van der Waals surface area contributed by atoms with Crippen LogP contribution in [-0.4, -0.2) is 10.2 Å². The third-order valence-electron chi connectivity index (χ3n) is 2.38. The number of nitriles is 1. The molecule has 1 aromatic heterocycles. The monoisotopic (exact) mass is 224 g/mol. The predicted octanol–water partition coefficient (Wildman–Crippen LogP) is 2.27. The van der Waals surface area contributed by atoms with Gasteiger partial charge in [-0.1, -0.05) is 6.07 Å². The van der Waals surface area contributed by atoms with E-state index in [0.29, 0.717) is 12.1 Å². The third-order valence-corrected chi connectivity index (χ3v) is 2.38. The summed E-state index contributed by atoms with van der Waals surface area (Å²) in [4.78, 5) is 0. The molecule has 0 saturated heterocycles. The summed E-state index contributed by atoms with van der Waals surface area (Å²) in [7, 11) is 0. The highest BCUT2D eigenvalue weighted by Gasteiger charge is 2.02. The first-order valence-electron chi connectivity index (χ1n) is 5.31. The fourth-order valence-electron chi connectivity index (χ4n) is 1.52. The number of hydrogen-bond acceptors (Lipinski definition) is 4.